The van der Waals surface area contributed by atoms with E-state index in [1.54, 1.807) is 11.8 Å². The third kappa shape index (κ3) is 3.95. The lowest BCUT2D eigenvalue weighted by Gasteiger charge is -2.29. The second-order valence-electron chi connectivity index (χ2n) is 5.15. The molecule has 0 amide bonds. The van der Waals surface area contributed by atoms with Crippen LogP contribution in [0.1, 0.15) is 37.7 Å². The van der Waals surface area contributed by atoms with Gasteiger partial charge in [0.15, 0.2) is 5.16 Å². The van der Waals surface area contributed by atoms with Crippen LogP contribution in [0.4, 0.5) is 0 Å². The SMILES string of the molecule is CNC(CSc1ncc(C)cn1)C1CCCCC1. The van der Waals surface area contributed by atoms with Crippen molar-refractivity contribution in [2.24, 2.45) is 5.92 Å². The predicted molar refractivity (Wildman–Crippen MR) is 76.9 cm³/mol. The molecule has 2 rings (SSSR count). The summed E-state index contributed by atoms with van der Waals surface area (Å²) in [7, 11) is 2.08. The number of aromatic nitrogens is 2. The minimum Gasteiger partial charge on any atom is -0.316 e. The smallest absolute Gasteiger partial charge is 0.187 e. The minimum atomic E-state index is 0.597. The molecule has 1 fully saturated rings. The fourth-order valence-corrected chi connectivity index (χ4v) is 3.63. The predicted octanol–water partition coefficient (Wildman–Crippen LogP) is 3.05. The van der Waals surface area contributed by atoms with Crippen LogP contribution in [-0.4, -0.2) is 28.8 Å². The quantitative estimate of drug-likeness (QED) is 0.656. The normalized spacial score (nSPS) is 18.8. The Bertz CT molecular complexity index is 347. The van der Waals surface area contributed by atoms with E-state index in [9.17, 15) is 0 Å². The molecular formula is C14H23N3S. The molecule has 1 aliphatic rings. The summed E-state index contributed by atoms with van der Waals surface area (Å²) in [6, 6.07) is 0.597. The molecule has 1 aliphatic carbocycles. The number of hydrogen-bond donors (Lipinski definition) is 1. The molecule has 3 nitrogen and oxygen atoms in total. The first-order valence-electron chi connectivity index (χ1n) is 6.88. The van der Waals surface area contributed by atoms with E-state index in [-0.39, 0.29) is 0 Å². The highest BCUT2D eigenvalue weighted by molar-refractivity contribution is 7.99. The summed E-state index contributed by atoms with van der Waals surface area (Å²) in [6.07, 6.45) is 10.8. The zero-order chi connectivity index (χ0) is 12.8. The van der Waals surface area contributed by atoms with Gasteiger partial charge in [0.25, 0.3) is 0 Å². The van der Waals surface area contributed by atoms with E-state index in [1.165, 1.54) is 32.1 Å². The van der Waals surface area contributed by atoms with Gasteiger partial charge in [-0.05, 0) is 38.3 Å². The topological polar surface area (TPSA) is 37.8 Å². The Kier molecular flexibility index (Phi) is 5.45. The molecule has 1 aromatic rings. The van der Waals surface area contributed by atoms with Gasteiger partial charge in [-0.1, -0.05) is 31.0 Å². The summed E-state index contributed by atoms with van der Waals surface area (Å²) in [5.74, 6) is 1.91. The lowest BCUT2D eigenvalue weighted by atomic mass is 9.84. The van der Waals surface area contributed by atoms with E-state index in [4.69, 9.17) is 0 Å². The number of aryl methyl sites for hydroxylation is 1. The van der Waals surface area contributed by atoms with Gasteiger partial charge in [-0.25, -0.2) is 9.97 Å². The van der Waals surface area contributed by atoms with Crippen molar-refractivity contribution in [3.8, 4) is 0 Å². The summed E-state index contributed by atoms with van der Waals surface area (Å²) in [6.45, 7) is 2.02. The minimum absolute atomic E-state index is 0.597. The monoisotopic (exact) mass is 265 g/mol. The van der Waals surface area contributed by atoms with Crippen LogP contribution in [0.25, 0.3) is 0 Å². The molecule has 1 aromatic heterocycles. The first-order valence-corrected chi connectivity index (χ1v) is 7.87. The maximum Gasteiger partial charge on any atom is 0.187 e. The fraction of sp³-hybridized carbons (Fsp3) is 0.714. The number of nitrogens with zero attached hydrogens (tertiary/aromatic N) is 2. The van der Waals surface area contributed by atoms with E-state index in [2.05, 4.69) is 22.3 Å². The molecule has 1 N–H and O–H groups in total. The maximum atomic E-state index is 4.35. The average Bonchev–Trinajstić information content (AvgIpc) is 2.43. The molecule has 100 valence electrons. The zero-order valence-corrected chi connectivity index (χ0v) is 12.2. The highest BCUT2D eigenvalue weighted by atomic mass is 32.2. The highest BCUT2D eigenvalue weighted by Crippen LogP contribution is 2.28. The summed E-state index contributed by atoms with van der Waals surface area (Å²) in [4.78, 5) is 8.71. The van der Waals surface area contributed by atoms with Gasteiger partial charge in [-0.15, -0.1) is 0 Å². The Labute approximate surface area is 114 Å². The van der Waals surface area contributed by atoms with Gasteiger partial charge < -0.3 is 5.32 Å². The molecule has 0 radical (unpaired) electrons. The van der Waals surface area contributed by atoms with Crippen molar-refractivity contribution >= 4 is 11.8 Å². The van der Waals surface area contributed by atoms with Crippen LogP contribution in [0, 0.1) is 12.8 Å². The van der Waals surface area contributed by atoms with E-state index in [0.29, 0.717) is 6.04 Å². The second kappa shape index (κ2) is 7.10. The Balaban J connectivity index is 1.84. The van der Waals surface area contributed by atoms with Crippen molar-refractivity contribution in [2.75, 3.05) is 12.8 Å². The largest absolute Gasteiger partial charge is 0.316 e. The van der Waals surface area contributed by atoms with Crippen LogP contribution < -0.4 is 5.32 Å². The summed E-state index contributed by atoms with van der Waals surface area (Å²) in [5.41, 5.74) is 1.12. The van der Waals surface area contributed by atoms with Crippen LogP contribution in [0.3, 0.4) is 0 Å². The van der Waals surface area contributed by atoms with E-state index >= 15 is 0 Å². The molecule has 4 heteroatoms. The molecule has 0 aromatic carbocycles. The first kappa shape index (κ1) is 13.8. The van der Waals surface area contributed by atoms with Crippen LogP contribution >= 0.6 is 11.8 Å². The van der Waals surface area contributed by atoms with Crippen molar-refractivity contribution in [3.63, 3.8) is 0 Å². The van der Waals surface area contributed by atoms with Gasteiger partial charge in [0.2, 0.25) is 0 Å². The number of thioether (sulfide) groups is 1. The molecule has 1 atom stereocenters. The highest BCUT2D eigenvalue weighted by Gasteiger charge is 2.22. The first-order chi connectivity index (χ1) is 8.79. The fourth-order valence-electron chi connectivity index (χ4n) is 2.61. The third-order valence-corrected chi connectivity index (χ3v) is 4.73. The van der Waals surface area contributed by atoms with Crippen LogP contribution in [-0.2, 0) is 0 Å². The zero-order valence-electron chi connectivity index (χ0n) is 11.4. The average molecular weight is 265 g/mol. The summed E-state index contributed by atoms with van der Waals surface area (Å²) < 4.78 is 0. The molecule has 0 spiro atoms. The van der Waals surface area contributed by atoms with Gasteiger partial charge in [0.05, 0.1) is 0 Å². The van der Waals surface area contributed by atoms with Gasteiger partial charge in [0, 0.05) is 24.2 Å². The van der Waals surface area contributed by atoms with Gasteiger partial charge in [-0.3, -0.25) is 0 Å². The van der Waals surface area contributed by atoms with Crippen LogP contribution in [0.2, 0.25) is 0 Å². The van der Waals surface area contributed by atoms with E-state index in [1.807, 2.05) is 19.3 Å². The summed E-state index contributed by atoms with van der Waals surface area (Å²) in [5, 5.41) is 4.38. The Morgan fingerprint density at radius 2 is 1.94 bits per heavy atom. The Morgan fingerprint density at radius 3 is 2.56 bits per heavy atom. The van der Waals surface area contributed by atoms with Crippen LogP contribution in [0.15, 0.2) is 17.6 Å². The molecule has 0 aliphatic heterocycles. The molecular weight excluding hydrogens is 242 g/mol. The Hall–Kier alpha value is -0.610. The van der Waals surface area contributed by atoms with Crippen LogP contribution in [0.5, 0.6) is 0 Å². The third-order valence-electron chi connectivity index (χ3n) is 3.74. The number of hydrogen-bond acceptors (Lipinski definition) is 4. The molecule has 1 saturated carbocycles. The second-order valence-corrected chi connectivity index (χ2v) is 6.13. The molecule has 1 unspecified atom stereocenters. The van der Waals surface area contributed by atoms with Crippen molar-refractivity contribution in [3.05, 3.63) is 18.0 Å². The maximum absolute atomic E-state index is 4.35. The van der Waals surface area contributed by atoms with Crippen molar-refractivity contribution in [2.45, 2.75) is 50.2 Å². The summed E-state index contributed by atoms with van der Waals surface area (Å²) >= 11 is 1.77. The van der Waals surface area contributed by atoms with Gasteiger partial charge >= 0.3 is 0 Å². The number of nitrogens with one attached hydrogen (secondary N) is 1. The Morgan fingerprint density at radius 1 is 1.28 bits per heavy atom. The number of rotatable bonds is 5. The van der Waals surface area contributed by atoms with Crippen molar-refractivity contribution in [1.82, 2.24) is 15.3 Å². The molecule has 0 saturated heterocycles. The lowest BCUT2D eigenvalue weighted by Crippen LogP contribution is -2.36. The molecule has 0 bridgehead atoms. The van der Waals surface area contributed by atoms with Crippen molar-refractivity contribution < 1.29 is 0 Å². The molecule has 18 heavy (non-hydrogen) atoms. The molecule has 1 heterocycles. The van der Waals surface area contributed by atoms with Crippen molar-refractivity contribution in [1.29, 1.82) is 0 Å². The van der Waals surface area contributed by atoms with E-state index in [0.717, 1.165) is 22.4 Å². The lowest BCUT2D eigenvalue weighted by molar-refractivity contribution is 0.294. The standard InChI is InChI=1S/C14H23N3S/c1-11-8-16-14(17-9-11)18-10-13(15-2)12-6-4-3-5-7-12/h8-9,12-13,15H,3-7,10H2,1-2H3. The van der Waals surface area contributed by atoms with Gasteiger partial charge in [0.1, 0.15) is 0 Å². The van der Waals surface area contributed by atoms with Gasteiger partial charge in [-0.2, -0.15) is 0 Å². The van der Waals surface area contributed by atoms with E-state index < -0.39 is 0 Å².